The van der Waals surface area contributed by atoms with Crippen molar-refractivity contribution in [2.45, 2.75) is 55.7 Å². The number of nitrogens with zero attached hydrogens (tertiary/aromatic N) is 4. The number of hydrogen-bond donors (Lipinski definition) is 1. The maximum atomic E-state index is 14.2. The number of carbonyl (C=O) groups excluding carboxylic acids is 1. The van der Waals surface area contributed by atoms with Gasteiger partial charge in [-0.05, 0) is 73.5 Å². The predicted octanol–water partition coefficient (Wildman–Crippen LogP) is 6.81. The van der Waals surface area contributed by atoms with E-state index in [1.54, 1.807) is 28.4 Å². The normalized spacial score (nSPS) is 26.9. The van der Waals surface area contributed by atoms with Crippen LogP contribution in [0.25, 0.3) is 18.2 Å². The van der Waals surface area contributed by atoms with Gasteiger partial charge in [-0.1, -0.05) is 38.1 Å². The number of piperidine rings is 1. The number of likely N-dealkylation sites (tertiary alicyclic amines) is 1. The summed E-state index contributed by atoms with van der Waals surface area (Å²) in [6.07, 6.45) is 12.5. The lowest BCUT2D eigenvalue weighted by Crippen LogP contribution is -2.50. The Labute approximate surface area is 324 Å². The van der Waals surface area contributed by atoms with Gasteiger partial charge in [0, 0.05) is 73.3 Å². The SMILES string of the molecule is CCC1N(CCNc2ccnc3c2C=CC(Cl)C3C)C2CC2(CN2CC(=Cc3ccc(OC)c(OC)c3)C(=O)C(=Cc3ccc(OC)c(OC)c3)C2)N1C. The fraction of sp³-hybridized carbons (Fsp3) is 0.442. The molecule has 3 aromatic rings. The number of rotatable bonds is 13. The second kappa shape index (κ2) is 15.8. The molecule has 11 heteroatoms. The third kappa shape index (κ3) is 7.12. The predicted molar refractivity (Wildman–Crippen MR) is 216 cm³/mol. The standard InChI is InChI=1S/C43H52ClN5O5/c1-8-40-47(3)43(23-39(43)49(40)18-17-45-34-15-16-46-41-27(2)33(44)12-11-32(34)41)26-48-24-30(19-28-9-13-35(51-4)37(21-28)53-6)42(50)31(25-48)20-29-10-14-36(52-5)38(22-29)54-7/h9-16,19-22,27,33,39-40H,8,17-18,23-26H2,1-7H3,(H,45,46). The van der Waals surface area contributed by atoms with Crippen LogP contribution < -0.4 is 24.3 Å². The van der Waals surface area contributed by atoms with Gasteiger partial charge in [-0.15, -0.1) is 11.6 Å². The topological polar surface area (TPSA) is 88.6 Å². The summed E-state index contributed by atoms with van der Waals surface area (Å²) in [4.78, 5) is 26.6. The van der Waals surface area contributed by atoms with E-state index in [4.69, 9.17) is 30.5 Å². The van der Waals surface area contributed by atoms with Crippen LogP contribution in [0.4, 0.5) is 5.69 Å². The van der Waals surface area contributed by atoms with Crippen molar-refractivity contribution in [2.75, 3.05) is 73.5 Å². The van der Waals surface area contributed by atoms with E-state index in [0.29, 0.717) is 48.3 Å². The van der Waals surface area contributed by atoms with Crippen molar-refractivity contribution in [3.05, 3.63) is 88.3 Å². The van der Waals surface area contributed by atoms with E-state index in [1.165, 1.54) is 0 Å². The Bertz CT molecular complexity index is 1900. The Kier molecular flexibility index (Phi) is 11.1. The summed E-state index contributed by atoms with van der Waals surface area (Å²) in [6.45, 7) is 8.14. The summed E-state index contributed by atoms with van der Waals surface area (Å²) >= 11 is 6.52. The van der Waals surface area contributed by atoms with Crippen LogP contribution in [-0.4, -0.2) is 117 Å². The Morgan fingerprint density at radius 3 is 2.11 bits per heavy atom. The molecule has 0 radical (unpaired) electrons. The van der Waals surface area contributed by atoms with Gasteiger partial charge < -0.3 is 24.3 Å². The van der Waals surface area contributed by atoms with Gasteiger partial charge in [0.05, 0.1) is 51.2 Å². The van der Waals surface area contributed by atoms with Gasteiger partial charge in [0.1, 0.15) is 0 Å². The van der Waals surface area contributed by atoms with Gasteiger partial charge in [0.2, 0.25) is 0 Å². The van der Waals surface area contributed by atoms with Crippen molar-refractivity contribution in [1.82, 2.24) is 19.7 Å². The first-order chi connectivity index (χ1) is 26.1. The van der Waals surface area contributed by atoms with Gasteiger partial charge >= 0.3 is 0 Å². The first-order valence-electron chi connectivity index (χ1n) is 18.8. The fourth-order valence-corrected chi connectivity index (χ4v) is 9.00. The number of anilines is 1. The van der Waals surface area contributed by atoms with Crippen LogP contribution in [0.15, 0.2) is 65.9 Å². The molecule has 3 fully saturated rings. The van der Waals surface area contributed by atoms with E-state index in [9.17, 15) is 4.79 Å². The lowest BCUT2D eigenvalue weighted by Gasteiger charge is -2.37. The van der Waals surface area contributed by atoms with Gasteiger partial charge in [-0.3, -0.25) is 24.5 Å². The molecule has 0 bridgehead atoms. The number of nitrogens with one attached hydrogen (secondary N) is 1. The third-order valence-corrected chi connectivity index (χ3v) is 12.3. The van der Waals surface area contributed by atoms with Crippen LogP contribution in [0, 0.1) is 0 Å². The number of pyridine rings is 1. The highest BCUT2D eigenvalue weighted by atomic mass is 35.5. The molecule has 5 unspecified atom stereocenters. The highest BCUT2D eigenvalue weighted by Crippen LogP contribution is 2.54. The zero-order valence-corrected chi connectivity index (χ0v) is 33.2. The van der Waals surface area contributed by atoms with Crippen LogP contribution in [-0.2, 0) is 4.79 Å². The van der Waals surface area contributed by atoms with Gasteiger partial charge in [-0.25, -0.2) is 0 Å². The van der Waals surface area contributed by atoms with Crippen LogP contribution in [0.5, 0.6) is 23.0 Å². The molecule has 1 N–H and O–H groups in total. The summed E-state index contributed by atoms with van der Waals surface area (Å²) in [7, 11) is 8.77. The molecule has 5 atom stereocenters. The van der Waals surface area contributed by atoms with Crippen LogP contribution in [0.3, 0.4) is 0 Å². The smallest absolute Gasteiger partial charge is 0.187 e. The molecule has 2 saturated heterocycles. The molecule has 0 amide bonds. The summed E-state index contributed by atoms with van der Waals surface area (Å²) in [5.74, 6) is 2.76. The van der Waals surface area contributed by atoms with Crippen molar-refractivity contribution >= 4 is 41.3 Å². The van der Waals surface area contributed by atoms with E-state index < -0.39 is 0 Å². The number of ketones is 1. The van der Waals surface area contributed by atoms with Crippen molar-refractivity contribution in [3.8, 4) is 23.0 Å². The zero-order valence-electron chi connectivity index (χ0n) is 32.4. The van der Waals surface area contributed by atoms with Crippen molar-refractivity contribution in [2.24, 2.45) is 0 Å². The van der Waals surface area contributed by atoms with E-state index in [2.05, 4.69) is 64.1 Å². The molecule has 7 rings (SSSR count). The highest BCUT2D eigenvalue weighted by Gasteiger charge is 2.67. The molecule has 2 aromatic carbocycles. The van der Waals surface area contributed by atoms with Crippen LogP contribution in [0.2, 0.25) is 0 Å². The lowest BCUT2D eigenvalue weighted by atomic mass is 9.92. The number of benzene rings is 2. The van der Waals surface area contributed by atoms with E-state index in [0.717, 1.165) is 71.7 Å². The number of carbonyl (C=O) groups is 1. The molecule has 4 aliphatic rings. The Balaban J connectivity index is 1.12. The van der Waals surface area contributed by atoms with Gasteiger partial charge in [0.25, 0.3) is 0 Å². The molecule has 2 aliphatic carbocycles. The quantitative estimate of drug-likeness (QED) is 0.148. The number of fused-ring (bicyclic) bond motifs is 2. The minimum Gasteiger partial charge on any atom is -0.493 e. The third-order valence-electron chi connectivity index (χ3n) is 11.7. The number of allylic oxidation sites excluding steroid dienone is 1. The van der Waals surface area contributed by atoms with E-state index >= 15 is 0 Å². The first-order valence-corrected chi connectivity index (χ1v) is 19.2. The average Bonchev–Trinajstić information content (AvgIpc) is 3.86. The van der Waals surface area contributed by atoms with Crippen LogP contribution >= 0.6 is 11.6 Å². The fourth-order valence-electron chi connectivity index (χ4n) is 8.81. The average molecular weight is 754 g/mol. The Morgan fingerprint density at radius 1 is 0.926 bits per heavy atom. The molecule has 1 saturated carbocycles. The molecular weight excluding hydrogens is 702 g/mol. The van der Waals surface area contributed by atoms with Gasteiger partial charge in [-0.2, -0.15) is 0 Å². The summed E-state index contributed by atoms with van der Waals surface area (Å²) in [6, 6.07) is 14.0. The molecule has 3 heterocycles. The van der Waals surface area contributed by atoms with Crippen molar-refractivity contribution < 1.29 is 23.7 Å². The maximum Gasteiger partial charge on any atom is 0.187 e. The monoisotopic (exact) mass is 753 g/mol. The van der Waals surface area contributed by atoms with Crippen molar-refractivity contribution in [3.63, 3.8) is 0 Å². The zero-order chi connectivity index (χ0) is 38.1. The number of halogens is 1. The number of alkyl halides is 1. The van der Waals surface area contributed by atoms with E-state index in [-0.39, 0.29) is 22.6 Å². The second-order valence-electron chi connectivity index (χ2n) is 14.8. The largest absolute Gasteiger partial charge is 0.493 e. The van der Waals surface area contributed by atoms with Gasteiger partial charge in [0.15, 0.2) is 28.8 Å². The minimum absolute atomic E-state index is 0.00725. The van der Waals surface area contributed by atoms with Crippen molar-refractivity contribution in [1.29, 1.82) is 0 Å². The molecule has 1 aromatic heterocycles. The second-order valence-corrected chi connectivity index (χ2v) is 15.3. The molecule has 2 aliphatic heterocycles. The lowest BCUT2D eigenvalue weighted by molar-refractivity contribution is -0.113. The number of Topliss-reactive ketones (excluding diaryl/α,β-unsaturated/α-hetero) is 1. The Hall–Kier alpha value is -4.35. The summed E-state index contributed by atoms with van der Waals surface area (Å²) in [5, 5.41) is 3.69. The highest BCUT2D eigenvalue weighted by molar-refractivity contribution is 6.23. The summed E-state index contributed by atoms with van der Waals surface area (Å²) in [5.41, 5.74) is 6.56. The minimum atomic E-state index is -0.0400. The number of aromatic nitrogens is 1. The number of ether oxygens (including phenoxy) is 4. The summed E-state index contributed by atoms with van der Waals surface area (Å²) < 4.78 is 22.1. The Morgan fingerprint density at radius 2 is 1.54 bits per heavy atom. The molecule has 54 heavy (non-hydrogen) atoms. The number of methoxy groups -OCH3 is 4. The number of likely N-dealkylation sites (N-methyl/N-ethyl adjacent to an activating group) is 1. The van der Waals surface area contributed by atoms with Crippen LogP contribution in [0.1, 0.15) is 55.0 Å². The molecule has 10 nitrogen and oxygen atoms in total. The molecular formula is C43H52ClN5O5. The maximum absolute atomic E-state index is 14.2. The number of hydrogen-bond acceptors (Lipinski definition) is 10. The first kappa shape index (κ1) is 37.9. The molecule has 286 valence electrons. The molecule has 0 spiro atoms. The van der Waals surface area contributed by atoms with E-state index in [1.807, 2.05) is 54.7 Å².